The van der Waals surface area contributed by atoms with Gasteiger partial charge < -0.3 is 5.11 Å². The van der Waals surface area contributed by atoms with Crippen LogP contribution in [0.3, 0.4) is 0 Å². The first-order chi connectivity index (χ1) is 21.2. The van der Waals surface area contributed by atoms with E-state index in [0.29, 0.717) is 17.1 Å². The van der Waals surface area contributed by atoms with Crippen molar-refractivity contribution < 1.29 is 18.3 Å². The van der Waals surface area contributed by atoms with Crippen molar-refractivity contribution in [3.63, 3.8) is 0 Å². The molecule has 1 fully saturated rings. The molecule has 1 N–H and O–H groups in total. The van der Waals surface area contributed by atoms with Crippen molar-refractivity contribution in [2.24, 2.45) is 13.0 Å². The zero-order valence-electron chi connectivity index (χ0n) is 24.4. The Kier molecular flexibility index (Phi) is 6.94. The summed E-state index contributed by atoms with van der Waals surface area (Å²) in [5.41, 5.74) is 6.04. The number of rotatable bonds is 7. The van der Waals surface area contributed by atoms with E-state index >= 15 is 0 Å². The molecule has 3 heterocycles. The lowest BCUT2D eigenvalue weighted by molar-refractivity contribution is 0.0695. The minimum Gasteiger partial charge on any atom is -0.478 e. The second kappa shape index (κ2) is 10.8. The van der Waals surface area contributed by atoms with Gasteiger partial charge in [0.15, 0.2) is 0 Å². The lowest BCUT2D eigenvalue weighted by Gasteiger charge is -2.22. The maximum Gasteiger partial charge on any atom is 0.339 e. The highest BCUT2D eigenvalue weighted by molar-refractivity contribution is 7.89. The summed E-state index contributed by atoms with van der Waals surface area (Å²) in [5, 5.41) is 22.7. The van der Waals surface area contributed by atoms with Crippen molar-refractivity contribution in [2.75, 3.05) is 6.54 Å². The minimum atomic E-state index is -3.64. The van der Waals surface area contributed by atoms with E-state index in [-0.39, 0.29) is 29.9 Å². The Morgan fingerprint density at radius 3 is 2.55 bits per heavy atom. The average Bonchev–Trinajstić information content (AvgIpc) is 3.48. The third-order valence-corrected chi connectivity index (χ3v) is 10.5. The second-order valence-electron chi connectivity index (χ2n) is 11.9. The fourth-order valence-corrected chi connectivity index (χ4v) is 8.19. The molecular weight excluding hydrogens is 576 g/mol. The molecule has 2 aromatic heterocycles. The zero-order chi connectivity index (χ0) is 30.6. The Balaban J connectivity index is 1.19. The molecule has 0 bridgehead atoms. The highest BCUT2D eigenvalue weighted by atomic mass is 32.2. The van der Waals surface area contributed by atoms with E-state index in [1.54, 1.807) is 25.8 Å². The molecule has 1 aliphatic carbocycles. The third-order valence-electron chi connectivity index (χ3n) is 8.56. The summed E-state index contributed by atoms with van der Waals surface area (Å²) in [4.78, 5) is 12.5. The molecular formula is C33H32N6O4S. The predicted octanol–water partition coefficient (Wildman–Crippen LogP) is 5.02. The van der Waals surface area contributed by atoms with Crippen molar-refractivity contribution in [1.29, 1.82) is 0 Å². The second-order valence-corrected chi connectivity index (χ2v) is 13.8. The molecule has 2 aliphatic rings. The maximum atomic E-state index is 13.7. The number of carboxylic acid groups (broad SMARTS) is 1. The number of aromatic carboxylic acids is 1. The lowest BCUT2D eigenvalue weighted by Crippen LogP contribution is -2.32. The fourth-order valence-electron chi connectivity index (χ4n) is 6.41. The quantitative estimate of drug-likeness (QED) is 0.275. The summed E-state index contributed by atoms with van der Waals surface area (Å²) < 4.78 is 32.3. The van der Waals surface area contributed by atoms with Gasteiger partial charge in [-0.15, -0.1) is 5.10 Å². The Morgan fingerprint density at radius 1 is 1.00 bits per heavy atom. The normalized spacial score (nSPS) is 21.0. The van der Waals surface area contributed by atoms with Gasteiger partial charge in [-0.05, 0) is 65.3 Å². The van der Waals surface area contributed by atoms with Crippen LogP contribution in [0.15, 0.2) is 90.1 Å². The van der Waals surface area contributed by atoms with E-state index in [0.717, 1.165) is 46.5 Å². The van der Waals surface area contributed by atoms with Crippen molar-refractivity contribution in [2.45, 2.75) is 43.0 Å². The molecule has 0 unspecified atom stereocenters. The van der Waals surface area contributed by atoms with E-state index in [2.05, 4.69) is 22.3 Å². The molecule has 44 heavy (non-hydrogen) atoms. The summed E-state index contributed by atoms with van der Waals surface area (Å²) >= 11 is 0. The number of aromatic nitrogens is 5. The van der Waals surface area contributed by atoms with Crippen LogP contribution in [0.2, 0.25) is 0 Å². The standard InChI is InChI=1S/C33H32N6O4S/c1-21-13-25-8-3-4-12-31(25)44(42,43)38(18-21)19-22-7-5-9-23(14-22)24-10-6-11-26(15-24)39-32(29(17-34-39)33(40)41)28-16-27(28)30-20-37(2)36-35-30/h3-12,14-15,17,20-21,27-28H,13,16,18-19H2,1-2H3,(H,40,41)/t21-,27-,28-/m1/s1. The maximum absolute atomic E-state index is 13.7. The molecule has 0 amide bonds. The van der Waals surface area contributed by atoms with E-state index in [1.165, 1.54) is 6.20 Å². The smallest absolute Gasteiger partial charge is 0.339 e. The Morgan fingerprint density at radius 2 is 1.77 bits per heavy atom. The molecule has 0 spiro atoms. The predicted molar refractivity (Wildman–Crippen MR) is 164 cm³/mol. The molecule has 0 saturated heterocycles. The number of carboxylic acids is 1. The van der Waals surface area contributed by atoms with E-state index in [9.17, 15) is 18.3 Å². The highest BCUT2D eigenvalue weighted by Crippen LogP contribution is 2.55. The fraction of sp³-hybridized carbons (Fsp3) is 0.273. The topological polar surface area (TPSA) is 123 Å². The SMILES string of the molecule is C[C@@H]1Cc2ccccc2S(=O)(=O)N(Cc2cccc(-c3cccc(-n4ncc(C(=O)O)c4[C@@H]4C[C@H]4c4cn(C)nn4)c3)c2)C1. The van der Waals surface area contributed by atoms with E-state index < -0.39 is 16.0 Å². The van der Waals surface area contributed by atoms with Crippen LogP contribution in [-0.2, 0) is 30.0 Å². The molecule has 5 aromatic rings. The van der Waals surface area contributed by atoms with E-state index in [1.807, 2.05) is 73.9 Å². The number of sulfonamides is 1. The number of benzene rings is 3. The molecule has 3 aromatic carbocycles. The van der Waals surface area contributed by atoms with Crippen LogP contribution in [-0.4, -0.2) is 55.1 Å². The molecule has 7 rings (SSSR count). The average molecular weight is 609 g/mol. The van der Waals surface area contributed by atoms with Gasteiger partial charge in [0.05, 0.1) is 28.2 Å². The third kappa shape index (κ3) is 5.11. The van der Waals surface area contributed by atoms with Gasteiger partial charge in [0.1, 0.15) is 5.56 Å². The Bertz CT molecular complexity index is 2000. The van der Waals surface area contributed by atoms with Crippen molar-refractivity contribution in [3.05, 3.63) is 113 Å². The minimum absolute atomic E-state index is 0.0321. The molecule has 1 aliphatic heterocycles. The van der Waals surface area contributed by atoms with Crippen LogP contribution in [0.4, 0.5) is 0 Å². The monoisotopic (exact) mass is 608 g/mol. The van der Waals surface area contributed by atoms with Gasteiger partial charge in [0.2, 0.25) is 10.0 Å². The van der Waals surface area contributed by atoms with E-state index in [4.69, 9.17) is 0 Å². The first-order valence-electron chi connectivity index (χ1n) is 14.6. The van der Waals surface area contributed by atoms with Crippen LogP contribution in [0.5, 0.6) is 0 Å². The Hall–Kier alpha value is -4.61. The largest absolute Gasteiger partial charge is 0.478 e. The van der Waals surface area contributed by atoms with Crippen LogP contribution in [0, 0.1) is 5.92 Å². The van der Waals surface area contributed by atoms with Gasteiger partial charge in [0, 0.05) is 38.2 Å². The number of aryl methyl sites for hydroxylation is 1. The van der Waals surface area contributed by atoms with Crippen LogP contribution >= 0.6 is 0 Å². The van der Waals surface area contributed by atoms with Gasteiger partial charge in [-0.3, -0.25) is 4.68 Å². The first kappa shape index (κ1) is 28.2. The van der Waals surface area contributed by atoms with Gasteiger partial charge in [-0.2, -0.15) is 9.40 Å². The summed E-state index contributed by atoms with van der Waals surface area (Å²) in [5.74, 6) is -0.773. The summed E-state index contributed by atoms with van der Waals surface area (Å²) in [6.07, 6.45) is 4.78. The van der Waals surface area contributed by atoms with Crippen LogP contribution < -0.4 is 0 Å². The summed E-state index contributed by atoms with van der Waals surface area (Å²) in [6.45, 7) is 2.80. The summed E-state index contributed by atoms with van der Waals surface area (Å²) in [6, 6.07) is 23.0. The number of carbonyl (C=O) groups is 1. The number of hydrogen-bond acceptors (Lipinski definition) is 6. The number of fused-ring (bicyclic) bond motifs is 1. The van der Waals surface area contributed by atoms with Gasteiger partial charge >= 0.3 is 5.97 Å². The zero-order valence-corrected chi connectivity index (χ0v) is 25.2. The summed E-state index contributed by atoms with van der Waals surface area (Å²) in [7, 11) is -1.83. The lowest BCUT2D eigenvalue weighted by atomic mass is 10.0. The molecule has 10 nitrogen and oxygen atoms in total. The van der Waals surface area contributed by atoms with Gasteiger partial charge in [-0.25, -0.2) is 17.9 Å². The van der Waals surface area contributed by atoms with Crippen molar-refractivity contribution in [3.8, 4) is 16.8 Å². The molecule has 0 radical (unpaired) electrons. The molecule has 3 atom stereocenters. The molecule has 11 heteroatoms. The molecule has 1 saturated carbocycles. The first-order valence-corrected chi connectivity index (χ1v) is 16.1. The number of nitrogens with zero attached hydrogens (tertiary/aromatic N) is 6. The number of hydrogen-bond donors (Lipinski definition) is 1. The van der Waals surface area contributed by atoms with Gasteiger partial charge in [0.25, 0.3) is 0 Å². The van der Waals surface area contributed by atoms with Crippen molar-refractivity contribution in [1.82, 2.24) is 29.1 Å². The van der Waals surface area contributed by atoms with Crippen molar-refractivity contribution >= 4 is 16.0 Å². The van der Waals surface area contributed by atoms with Gasteiger partial charge in [-0.1, -0.05) is 60.7 Å². The molecule has 224 valence electrons. The highest BCUT2D eigenvalue weighted by Gasteiger charge is 2.46. The van der Waals surface area contributed by atoms with Crippen LogP contribution in [0.1, 0.15) is 58.1 Å². The van der Waals surface area contributed by atoms with Crippen LogP contribution in [0.25, 0.3) is 16.8 Å². The Labute approximate surface area is 255 Å².